The normalized spacial score (nSPS) is 38.5. The minimum Gasteiger partial charge on any atom is -0.340 e. The highest BCUT2D eigenvalue weighted by Gasteiger charge is 2.35. The van der Waals surface area contributed by atoms with Crippen LogP contribution < -0.4 is 5.32 Å². The quantitative estimate of drug-likeness (QED) is 0.850. The van der Waals surface area contributed by atoms with Gasteiger partial charge in [0.15, 0.2) is 0 Å². The Balaban J connectivity index is 1.55. The molecule has 3 atom stereocenters. The first-order chi connectivity index (χ1) is 9.26. The van der Waals surface area contributed by atoms with E-state index in [1.54, 1.807) is 0 Å². The van der Waals surface area contributed by atoms with Gasteiger partial charge in [0.05, 0.1) is 0 Å². The minimum absolute atomic E-state index is 0.442. The molecule has 3 heteroatoms. The summed E-state index contributed by atoms with van der Waals surface area (Å²) in [6.07, 6.45) is 10.8. The van der Waals surface area contributed by atoms with E-state index in [0.717, 1.165) is 19.4 Å². The molecule has 0 aromatic carbocycles. The lowest BCUT2D eigenvalue weighted by Crippen LogP contribution is -2.45. The summed E-state index contributed by atoms with van der Waals surface area (Å²) < 4.78 is 0. The molecule has 2 bridgehead atoms. The van der Waals surface area contributed by atoms with Gasteiger partial charge in [0, 0.05) is 31.1 Å². The van der Waals surface area contributed by atoms with E-state index in [-0.39, 0.29) is 0 Å². The van der Waals surface area contributed by atoms with E-state index in [1.807, 2.05) is 0 Å². The van der Waals surface area contributed by atoms with Crippen LogP contribution in [0.2, 0.25) is 0 Å². The van der Waals surface area contributed by atoms with Crippen molar-refractivity contribution in [1.29, 1.82) is 0 Å². The topological polar surface area (TPSA) is 32.3 Å². The van der Waals surface area contributed by atoms with Crippen LogP contribution in [0.1, 0.15) is 64.7 Å². The molecule has 1 amide bonds. The summed E-state index contributed by atoms with van der Waals surface area (Å²) in [5, 5.41) is 3.67. The summed E-state index contributed by atoms with van der Waals surface area (Å²) in [6.45, 7) is 3.23. The molecular weight excluding hydrogens is 236 g/mol. The largest absolute Gasteiger partial charge is 0.340 e. The van der Waals surface area contributed by atoms with Crippen LogP contribution in [0.5, 0.6) is 0 Å². The van der Waals surface area contributed by atoms with Crippen molar-refractivity contribution in [1.82, 2.24) is 10.2 Å². The Morgan fingerprint density at radius 2 is 1.89 bits per heavy atom. The van der Waals surface area contributed by atoms with Crippen LogP contribution in [0.3, 0.4) is 0 Å². The fourth-order valence-corrected chi connectivity index (χ4v) is 4.46. The van der Waals surface area contributed by atoms with Crippen molar-refractivity contribution in [2.75, 3.05) is 6.54 Å². The third-order valence-electron chi connectivity index (χ3n) is 5.45. The summed E-state index contributed by atoms with van der Waals surface area (Å²) in [5.74, 6) is 1.09. The summed E-state index contributed by atoms with van der Waals surface area (Å²) in [5.41, 5.74) is 0. The Kier molecular flexibility index (Phi) is 4.11. The number of likely N-dealkylation sites (tertiary alicyclic amines) is 1. The van der Waals surface area contributed by atoms with Crippen LogP contribution in [0.25, 0.3) is 0 Å². The lowest BCUT2D eigenvalue weighted by Gasteiger charge is -2.37. The number of rotatable bonds is 3. The van der Waals surface area contributed by atoms with Gasteiger partial charge in [0.1, 0.15) is 0 Å². The second kappa shape index (κ2) is 5.82. The monoisotopic (exact) mass is 264 g/mol. The Bertz CT molecular complexity index is 319. The Morgan fingerprint density at radius 1 is 1.16 bits per heavy atom. The van der Waals surface area contributed by atoms with Crippen LogP contribution in [0, 0.1) is 5.92 Å². The average Bonchev–Trinajstić information content (AvgIpc) is 2.78. The SMILES string of the molecule is CCC1CCCCN1C(=O)CC1CC2CCC(C1)N2. The molecule has 0 aliphatic carbocycles. The van der Waals surface area contributed by atoms with Crippen LogP contribution in [-0.4, -0.2) is 35.5 Å². The lowest BCUT2D eigenvalue weighted by molar-refractivity contribution is -0.136. The molecule has 0 spiro atoms. The maximum absolute atomic E-state index is 12.6. The highest BCUT2D eigenvalue weighted by atomic mass is 16.2. The first kappa shape index (κ1) is 13.4. The summed E-state index contributed by atoms with van der Waals surface area (Å²) >= 11 is 0. The third-order valence-corrected chi connectivity index (χ3v) is 5.45. The van der Waals surface area contributed by atoms with Crippen molar-refractivity contribution < 1.29 is 4.79 Å². The van der Waals surface area contributed by atoms with Crippen molar-refractivity contribution in [3.05, 3.63) is 0 Å². The summed E-state index contributed by atoms with van der Waals surface area (Å²) in [7, 11) is 0. The number of piperidine rings is 2. The van der Waals surface area contributed by atoms with E-state index < -0.39 is 0 Å². The van der Waals surface area contributed by atoms with Gasteiger partial charge in [-0.3, -0.25) is 4.79 Å². The highest BCUT2D eigenvalue weighted by molar-refractivity contribution is 5.77. The molecule has 3 unspecified atom stereocenters. The lowest BCUT2D eigenvalue weighted by atomic mass is 9.88. The molecule has 19 heavy (non-hydrogen) atoms. The van der Waals surface area contributed by atoms with Crippen molar-refractivity contribution in [3.8, 4) is 0 Å². The first-order valence-corrected chi connectivity index (χ1v) is 8.31. The summed E-state index contributed by atoms with van der Waals surface area (Å²) in [6, 6.07) is 1.94. The van der Waals surface area contributed by atoms with Crippen LogP contribution in [0.15, 0.2) is 0 Å². The smallest absolute Gasteiger partial charge is 0.223 e. The number of fused-ring (bicyclic) bond motifs is 2. The van der Waals surface area contributed by atoms with E-state index in [2.05, 4.69) is 17.1 Å². The fraction of sp³-hybridized carbons (Fsp3) is 0.938. The second-order valence-electron chi connectivity index (χ2n) is 6.82. The molecule has 3 rings (SSSR count). The van der Waals surface area contributed by atoms with Gasteiger partial charge in [0.25, 0.3) is 0 Å². The maximum atomic E-state index is 12.6. The minimum atomic E-state index is 0.442. The van der Waals surface area contributed by atoms with E-state index in [0.29, 0.717) is 30.0 Å². The number of hydrogen-bond acceptors (Lipinski definition) is 2. The van der Waals surface area contributed by atoms with E-state index in [1.165, 1.54) is 44.9 Å². The van der Waals surface area contributed by atoms with Crippen molar-refractivity contribution in [2.45, 2.75) is 82.8 Å². The van der Waals surface area contributed by atoms with Crippen LogP contribution >= 0.6 is 0 Å². The zero-order valence-corrected chi connectivity index (χ0v) is 12.2. The standard InChI is InChI=1S/C16H28N2O/c1-2-15-5-3-4-8-18(15)16(19)11-12-9-13-6-7-14(10-12)17-13/h12-15,17H,2-11H2,1H3. The molecule has 3 saturated heterocycles. The average molecular weight is 264 g/mol. The fourth-order valence-electron chi connectivity index (χ4n) is 4.46. The van der Waals surface area contributed by atoms with Gasteiger partial charge in [-0.2, -0.15) is 0 Å². The molecule has 3 nitrogen and oxygen atoms in total. The molecule has 108 valence electrons. The zero-order valence-electron chi connectivity index (χ0n) is 12.2. The molecular formula is C16H28N2O. The molecule has 3 aliphatic rings. The van der Waals surface area contributed by atoms with Crippen LogP contribution in [-0.2, 0) is 4.79 Å². The predicted molar refractivity (Wildman–Crippen MR) is 76.9 cm³/mol. The van der Waals surface area contributed by atoms with Crippen molar-refractivity contribution in [2.24, 2.45) is 5.92 Å². The molecule has 0 aromatic rings. The second-order valence-corrected chi connectivity index (χ2v) is 6.82. The van der Waals surface area contributed by atoms with Gasteiger partial charge in [0.2, 0.25) is 5.91 Å². The number of carbonyl (C=O) groups is 1. The maximum Gasteiger partial charge on any atom is 0.223 e. The molecule has 0 radical (unpaired) electrons. The van der Waals surface area contributed by atoms with Gasteiger partial charge in [-0.15, -0.1) is 0 Å². The predicted octanol–water partition coefficient (Wildman–Crippen LogP) is 2.70. The highest BCUT2D eigenvalue weighted by Crippen LogP contribution is 2.33. The molecule has 3 heterocycles. The first-order valence-electron chi connectivity index (χ1n) is 8.31. The van der Waals surface area contributed by atoms with Crippen LogP contribution in [0.4, 0.5) is 0 Å². The Labute approximate surface area is 117 Å². The molecule has 3 aliphatic heterocycles. The van der Waals surface area contributed by atoms with Crippen molar-refractivity contribution >= 4 is 5.91 Å². The third kappa shape index (κ3) is 2.96. The number of nitrogens with one attached hydrogen (secondary N) is 1. The van der Waals surface area contributed by atoms with Crippen molar-refractivity contribution in [3.63, 3.8) is 0 Å². The van der Waals surface area contributed by atoms with Gasteiger partial charge < -0.3 is 10.2 Å². The summed E-state index contributed by atoms with van der Waals surface area (Å²) in [4.78, 5) is 14.8. The van der Waals surface area contributed by atoms with Gasteiger partial charge in [-0.05, 0) is 57.3 Å². The molecule has 0 aromatic heterocycles. The van der Waals surface area contributed by atoms with E-state index in [4.69, 9.17) is 0 Å². The zero-order chi connectivity index (χ0) is 13.2. The molecule has 1 N–H and O–H groups in total. The number of amides is 1. The Hall–Kier alpha value is -0.570. The number of hydrogen-bond donors (Lipinski definition) is 1. The van der Waals surface area contributed by atoms with E-state index in [9.17, 15) is 4.79 Å². The number of nitrogens with zero attached hydrogens (tertiary/aromatic N) is 1. The van der Waals surface area contributed by atoms with Gasteiger partial charge in [-0.1, -0.05) is 6.92 Å². The van der Waals surface area contributed by atoms with Gasteiger partial charge >= 0.3 is 0 Å². The number of carbonyl (C=O) groups excluding carboxylic acids is 1. The van der Waals surface area contributed by atoms with Gasteiger partial charge in [-0.25, -0.2) is 0 Å². The molecule has 3 fully saturated rings. The Morgan fingerprint density at radius 3 is 2.58 bits per heavy atom. The molecule has 0 saturated carbocycles. The van der Waals surface area contributed by atoms with E-state index >= 15 is 0 Å².